The van der Waals surface area contributed by atoms with Crippen molar-refractivity contribution in [1.29, 1.82) is 0 Å². The quantitative estimate of drug-likeness (QED) is 0.313. The monoisotopic (exact) mass is 595 g/mol. The van der Waals surface area contributed by atoms with Gasteiger partial charge in [-0.25, -0.2) is 29.1 Å². The fourth-order valence-electron chi connectivity index (χ4n) is 4.32. The standard InChI is InChI=1S/C27H27BrFN7O3/c1-15-9-10-31-25(34-15)38-19-8-7-17(12-18(19)29)36-22(20(28)21-23(36)24(30)33-14-32-21)16-6-5-11-35(13-16)26(37)39-27(2,3)4/h6-10,12,14H,5,11,13H2,1-4H3,(H2,30,32,33). The minimum atomic E-state index is -0.622. The highest BCUT2D eigenvalue weighted by Crippen LogP contribution is 2.40. The Balaban J connectivity index is 1.58. The number of aromatic nitrogens is 5. The summed E-state index contributed by atoms with van der Waals surface area (Å²) in [6.07, 6.45) is 5.17. The van der Waals surface area contributed by atoms with Crippen LogP contribution in [0.25, 0.3) is 22.3 Å². The average Bonchev–Trinajstić information content (AvgIpc) is 3.18. The maximum atomic E-state index is 15.4. The Labute approximate surface area is 232 Å². The number of nitrogen functional groups attached to an aromatic ring is 1. The lowest BCUT2D eigenvalue weighted by atomic mass is 10.1. The van der Waals surface area contributed by atoms with Gasteiger partial charge in [-0.3, -0.25) is 0 Å². The molecule has 3 aromatic heterocycles. The Morgan fingerprint density at radius 1 is 1.18 bits per heavy atom. The summed E-state index contributed by atoms with van der Waals surface area (Å²) in [5.74, 6) is -0.426. The van der Waals surface area contributed by atoms with Crippen LogP contribution in [0.1, 0.15) is 38.6 Å². The van der Waals surface area contributed by atoms with Crippen molar-refractivity contribution in [2.75, 3.05) is 18.8 Å². The van der Waals surface area contributed by atoms with E-state index in [9.17, 15) is 4.79 Å². The lowest BCUT2D eigenvalue weighted by Crippen LogP contribution is -2.39. The van der Waals surface area contributed by atoms with Crippen LogP contribution < -0.4 is 10.5 Å². The number of amides is 1. The number of fused-ring (bicyclic) bond motifs is 1. The highest BCUT2D eigenvalue weighted by Gasteiger charge is 2.29. The highest BCUT2D eigenvalue weighted by atomic mass is 79.9. The Bertz CT molecular complexity index is 1610. The second-order valence-corrected chi connectivity index (χ2v) is 10.9. The molecule has 0 spiro atoms. The van der Waals surface area contributed by atoms with Gasteiger partial charge in [-0.2, -0.15) is 0 Å². The maximum absolute atomic E-state index is 15.4. The lowest BCUT2D eigenvalue weighted by molar-refractivity contribution is 0.0273. The van der Waals surface area contributed by atoms with Crippen LogP contribution in [0, 0.1) is 12.7 Å². The molecule has 1 aromatic carbocycles. The molecule has 0 radical (unpaired) electrons. The SMILES string of the molecule is Cc1ccnc(Oc2ccc(-n3c(C4=CCCN(C(=O)OC(C)(C)C)C4)c(Br)c4ncnc(N)c43)cc2F)n1. The van der Waals surface area contributed by atoms with Crippen LogP contribution in [-0.4, -0.2) is 54.2 Å². The highest BCUT2D eigenvalue weighted by molar-refractivity contribution is 9.10. The third-order valence-electron chi connectivity index (χ3n) is 5.97. The van der Waals surface area contributed by atoms with Gasteiger partial charge in [0.25, 0.3) is 0 Å². The van der Waals surface area contributed by atoms with Crippen LogP contribution in [0.4, 0.5) is 15.0 Å². The van der Waals surface area contributed by atoms with Gasteiger partial charge < -0.3 is 24.7 Å². The lowest BCUT2D eigenvalue weighted by Gasteiger charge is -2.30. The van der Waals surface area contributed by atoms with E-state index >= 15 is 4.39 Å². The molecule has 4 heterocycles. The van der Waals surface area contributed by atoms with Gasteiger partial charge in [0.05, 0.1) is 16.7 Å². The zero-order valence-corrected chi connectivity index (χ0v) is 23.5. The molecule has 1 aliphatic rings. The molecule has 4 aromatic rings. The molecule has 0 saturated carbocycles. The van der Waals surface area contributed by atoms with Crippen LogP contribution in [0.5, 0.6) is 11.8 Å². The number of anilines is 1. The number of carbonyl (C=O) groups excluding carboxylic acids is 1. The Morgan fingerprint density at radius 3 is 2.69 bits per heavy atom. The predicted octanol–water partition coefficient (Wildman–Crippen LogP) is 5.82. The Kier molecular flexibility index (Phi) is 6.98. The van der Waals surface area contributed by atoms with Crippen LogP contribution in [0.15, 0.2) is 47.3 Å². The van der Waals surface area contributed by atoms with Gasteiger partial charge in [-0.15, -0.1) is 0 Å². The number of carbonyl (C=O) groups is 1. The maximum Gasteiger partial charge on any atom is 0.410 e. The van der Waals surface area contributed by atoms with Crippen molar-refractivity contribution in [3.05, 3.63) is 64.5 Å². The van der Waals surface area contributed by atoms with Gasteiger partial charge in [0.1, 0.15) is 23.0 Å². The van der Waals surface area contributed by atoms with Crippen molar-refractivity contribution < 1.29 is 18.7 Å². The predicted molar refractivity (Wildman–Crippen MR) is 148 cm³/mol. The number of benzene rings is 1. The van der Waals surface area contributed by atoms with Crippen molar-refractivity contribution in [2.24, 2.45) is 0 Å². The summed E-state index contributed by atoms with van der Waals surface area (Å²) < 4.78 is 29.0. The zero-order chi connectivity index (χ0) is 27.9. The molecular formula is C27H27BrFN7O3. The van der Waals surface area contributed by atoms with Crippen molar-refractivity contribution in [3.8, 4) is 17.4 Å². The van der Waals surface area contributed by atoms with E-state index in [1.807, 2.05) is 26.8 Å². The zero-order valence-electron chi connectivity index (χ0n) is 21.9. The molecule has 1 amide bonds. The summed E-state index contributed by atoms with van der Waals surface area (Å²) in [4.78, 5) is 31.3. The first-order valence-electron chi connectivity index (χ1n) is 12.3. The molecular weight excluding hydrogens is 569 g/mol. The van der Waals surface area contributed by atoms with E-state index in [2.05, 4.69) is 35.9 Å². The van der Waals surface area contributed by atoms with E-state index in [0.717, 1.165) is 5.57 Å². The second kappa shape index (κ2) is 10.3. The smallest absolute Gasteiger partial charge is 0.410 e. The van der Waals surface area contributed by atoms with Crippen LogP contribution in [0.2, 0.25) is 0 Å². The van der Waals surface area contributed by atoms with Gasteiger partial charge in [0.15, 0.2) is 17.4 Å². The number of hydrogen-bond acceptors (Lipinski definition) is 8. The molecule has 0 unspecified atom stereocenters. The summed E-state index contributed by atoms with van der Waals surface area (Å²) in [6, 6.07) is 6.30. The van der Waals surface area contributed by atoms with Gasteiger partial charge in [-0.05, 0) is 73.8 Å². The van der Waals surface area contributed by atoms with E-state index in [0.29, 0.717) is 45.5 Å². The first kappa shape index (κ1) is 26.5. The minimum Gasteiger partial charge on any atom is -0.444 e. The van der Waals surface area contributed by atoms with Gasteiger partial charge in [0.2, 0.25) is 0 Å². The third kappa shape index (κ3) is 5.42. The molecule has 202 valence electrons. The molecule has 0 fully saturated rings. The van der Waals surface area contributed by atoms with E-state index < -0.39 is 17.5 Å². The van der Waals surface area contributed by atoms with Crippen molar-refractivity contribution in [2.45, 2.75) is 39.7 Å². The van der Waals surface area contributed by atoms with Gasteiger partial charge >= 0.3 is 12.1 Å². The number of rotatable bonds is 4. The molecule has 5 rings (SSSR count). The Hall–Kier alpha value is -4.06. The van der Waals surface area contributed by atoms with Crippen LogP contribution in [-0.2, 0) is 4.74 Å². The second-order valence-electron chi connectivity index (χ2n) is 10.1. The largest absolute Gasteiger partial charge is 0.444 e. The number of aryl methyl sites for hydroxylation is 1. The number of nitrogens with zero attached hydrogens (tertiary/aromatic N) is 6. The minimum absolute atomic E-state index is 0.0290. The molecule has 2 N–H and O–H groups in total. The van der Waals surface area contributed by atoms with Crippen molar-refractivity contribution in [3.63, 3.8) is 0 Å². The van der Waals surface area contributed by atoms with Crippen molar-refractivity contribution >= 4 is 44.4 Å². The fraction of sp³-hybridized carbons (Fsp3) is 0.296. The summed E-state index contributed by atoms with van der Waals surface area (Å²) in [5, 5.41) is 0. The summed E-state index contributed by atoms with van der Waals surface area (Å²) in [6.45, 7) is 8.07. The summed E-state index contributed by atoms with van der Waals surface area (Å²) in [7, 11) is 0. The molecule has 0 saturated heterocycles. The number of ether oxygens (including phenoxy) is 2. The molecule has 1 aliphatic heterocycles. The van der Waals surface area contributed by atoms with Gasteiger partial charge in [0, 0.05) is 30.2 Å². The van der Waals surface area contributed by atoms with Crippen molar-refractivity contribution in [1.82, 2.24) is 29.4 Å². The molecule has 0 atom stereocenters. The first-order chi connectivity index (χ1) is 18.5. The van der Waals surface area contributed by atoms with Gasteiger partial charge in [-0.1, -0.05) is 6.08 Å². The topological polar surface area (TPSA) is 121 Å². The average molecular weight is 596 g/mol. The van der Waals surface area contributed by atoms with E-state index in [1.165, 1.54) is 18.5 Å². The summed E-state index contributed by atoms with van der Waals surface area (Å²) >= 11 is 3.68. The summed E-state index contributed by atoms with van der Waals surface area (Å²) in [5.41, 5.74) is 9.41. The van der Waals surface area contributed by atoms with E-state index in [1.54, 1.807) is 34.7 Å². The van der Waals surface area contributed by atoms with E-state index in [4.69, 9.17) is 15.2 Å². The Morgan fingerprint density at radius 2 is 1.97 bits per heavy atom. The number of nitrogens with two attached hydrogens (primary N) is 1. The number of halogens is 2. The fourth-order valence-corrected chi connectivity index (χ4v) is 5.04. The molecule has 12 heteroatoms. The van der Waals surface area contributed by atoms with E-state index in [-0.39, 0.29) is 24.1 Å². The van der Waals surface area contributed by atoms with Crippen LogP contribution in [0.3, 0.4) is 0 Å². The third-order valence-corrected chi connectivity index (χ3v) is 6.72. The van der Waals surface area contributed by atoms with Crippen LogP contribution >= 0.6 is 15.9 Å². The molecule has 0 aliphatic carbocycles. The molecule has 10 nitrogen and oxygen atoms in total. The molecule has 0 bridgehead atoms. The molecule has 39 heavy (non-hydrogen) atoms. The first-order valence-corrected chi connectivity index (χ1v) is 13.1. The normalized spacial score (nSPS) is 13.9. The number of hydrogen-bond donors (Lipinski definition) is 1.